The van der Waals surface area contributed by atoms with Crippen molar-refractivity contribution in [3.05, 3.63) is 29.3 Å². The fraction of sp³-hybridized carbons (Fsp3) is 0.562. The molecule has 0 aliphatic heterocycles. The Kier molecular flexibility index (Phi) is 6.03. The Morgan fingerprint density at radius 1 is 1.21 bits per heavy atom. The Morgan fingerprint density at radius 2 is 1.89 bits per heavy atom. The highest BCUT2D eigenvalue weighted by molar-refractivity contribution is 5.85. The number of benzene rings is 1. The molecule has 1 aromatic carbocycles. The van der Waals surface area contributed by atoms with Gasteiger partial charge in [-0.05, 0) is 39.1 Å². The summed E-state index contributed by atoms with van der Waals surface area (Å²) in [7, 11) is 4.15. The van der Waals surface area contributed by atoms with Crippen LogP contribution < -0.4 is 4.90 Å². The SMILES string of the molecule is Cc1ccc(N(CCN(C)C)CC(C)C)c(C=O)c1. The highest BCUT2D eigenvalue weighted by Gasteiger charge is 2.13. The average molecular weight is 262 g/mol. The number of carbonyl (C=O) groups is 1. The van der Waals surface area contributed by atoms with Crippen LogP contribution in [0, 0.1) is 12.8 Å². The Labute approximate surface area is 117 Å². The van der Waals surface area contributed by atoms with Gasteiger partial charge in [0.05, 0.1) is 0 Å². The van der Waals surface area contributed by atoms with Gasteiger partial charge in [-0.3, -0.25) is 4.79 Å². The minimum Gasteiger partial charge on any atom is -0.369 e. The van der Waals surface area contributed by atoms with E-state index in [-0.39, 0.29) is 0 Å². The number of nitrogens with zero attached hydrogens (tertiary/aromatic N) is 2. The van der Waals surface area contributed by atoms with Crippen LogP contribution in [0.3, 0.4) is 0 Å². The van der Waals surface area contributed by atoms with Gasteiger partial charge >= 0.3 is 0 Å². The summed E-state index contributed by atoms with van der Waals surface area (Å²) in [6.07, 6.45) is 0.964. The van der Waals surface area contributed by atoms with Crippen LogP contribution >= 0.6 is 0 Å². The third-order valence-electron chi connectivity index (χ3n) is 3.05. The first-order chi connectivity index (χ1) is 8.93. The fourth-order valence-electron chi connectivity index (χ4n) is 2.13. The van der Waals surface area contributed by atoms with Crippen LogP contribution in [0.25, 0.3) is 0 Å². The van der Waals surface area contributed by atoms with E-state index >= 15 is 0 Å². The molecule has 3 heteroatoms. The summed E-state index contributed by atoms with van der Waals surface area (Å²) >= 11 is 0. The molecule has 0 aromatic heterocycles. The highest BCUT2D eigenvalue weighted by atomic mass is 16.1. The maximum atomic E-state index is 11.3. The van der Waals surface area contributed by atoms with Gasteiger partial charge in [0.1, 0.15) is 0 Å². The Bertz CT molecular complexity index is 413. The van der Waals surface area contributed by atoms with E-state index in [4.69, 9.17) is 0 Å². The molecule has 0 atom stereocenters. The molecule has 0 aliphatic carbocycles. The van der Waals surface area contributed by atoms with Crippen molar-refractivity contribution in [2.45, 2.75) is 20.8 Å². The van der Waals surface area contributed by atoms with E-state index < -0.39 is 0 Å². The molecule has 0 unspecified atom stereocenters. The summed E-state index contributed by atoms with van der Waals surface area (Å²) in [5.41, 5.74) is 2.97. The molecular formula is C16H26N2O. The summed E-state index contributed by atoms with van der Waals surface area (Å²) in [6.45, 7) is 9.32. The predicted octanol–water partition coefficient (Wildman–Crippen LogP) is 2.83. The van der Waals surface area contributed by atoms with Crippen LogP contribution in [0.15, 0.2) is 18.2 Å². The molecule has 19 heavy (non-hydrogen) atoms. The molecule has 1 rings (SSSR count). The van der Waals surface area contributed by atoms with Crippen LogP contribution in [0.2, 0.25) is 0 Å². The van der Waals surface area contributed by atoms with E-state index in [1.165, 1.54) is 0 Å². The van der Waals surface area contributed by atoms with Crippen LogP contribution in [-0.2, 0) is 0 Å². The molecule has 106 valence electrons. The summed E-state index contributed by atoms with van der Waals surface area (Å²) < 4.78 is 0. The van der Waals surface area contributed by atoms with Gasteiger partial charge in [-0.15, -0.1) is 0 Å². The lowest BCUT2D eigenvalue weighted by atomic mass is 10.1. The fourth-order valence-corrected chi connectivity index (χ4v) is 2.13. The zero-order chi connectivity index (χ0) is 14.4. The predicted molar refractivity (Wildman–Crippen MR) is 82.2 cm³/mol. The lowest BCUT2D eigenvalue weighted by molar-refractivity contribution is 0.112. The minimum absolute atomic E-state index is 0.572. The number of rotatable bonds is 7. The largest absolute Gasteiger partial charge is 0.369 e. The lowest BCUT2D eigenvalue weighted by Crippen LogP contribution is -2.35. The monoisotopic (exact) mass is 262 g/mol. The number of anilines is 1. The summed E-state index contributed by atoms with van der Waals surface area (Å²) in [5, 5.41) is 0. The summed E-state index contributed by atoms with van der Waals surface area (Å²) in [6, 6.07) is 6.10. The molecule has 0 amide bonds. The second-order valence-corrected chi connectivity index (χ2v) is 5.82. The van der Waals surface area contributed by atoms with Crippen molar-refractivity contribution in [1.82, 2.24) is 4.90 Å². The molecule has 0 spiro atoms. The Morgan fingerprint density at radius 3 is 2.42 bits per heavy atom. The Hall–Kier alpha value is -1.35. The van der Waals surface area contributed by atoms with E-state index in [1.54, 1.807) is 0 Å². The van der Waals surface area contributed by atoms with Gasteiger partial charge in [-0.1, -0.05) is 25.5 Å². The van der Waals surface area contributed by atoms with Crippen LogP contribution in [0.1, 0.15) is 29.8 Å². The standard InChI is InChI=1S/C16H26N2O/c1-13(2)11-18(9-8-17(4)5)16-7-6-14(3)10-15(16)12-19/h6-7,10,12-13H,8-9,11H2,1-5H3. The first-order valence-electron chi connectivity index (χ1n) is 6.89. The topological polar surface area (TPSA) is 23.6 Å². The van der Waals surface area contributed by atoms with Crippen molar-refractivity contribution >= 4 is 12.0 Å². The van der Waals surface area contributed by atoms with Gasteiger partial charge in [-0.25, -0.2) is 0 Å². The third kappa shape index (κ3) is 5.03. The molecule has 0 saturated heterocycles. The third-order valence-corrected chi connectivity index (χ3v) is 3.05. The number of aryl methyl sites for hydroxylation is 1. The van der Waals surface area contributed by atoms with Gasteiger partial charge in [0, 0.05) is 30.9 Å². The molecule has 1 aromatic rings. The minimum atomic E-state index is 0.572. The second kappa shape index (κ2) is 7.29. The number of likely N-dealkylation sites (N-methyl/N-ethyl adjacent to an activating group) is 1. The quantitative estimate of drug-likeness (QED) is 0.706. The molecule has 0 N–H and O–H groups in total. The van der Waals surface area contributed by atoms with Crippen molar-refractivity contribution < 1.29 is 4.79 Å². The van der Waals surface area contributed by atoms with Crippen LogP contribution in [0.5, 0.6) is 0 Å². The van der Waals surface area contributed by atoms with Gasteiger partial charge in [0.25, 0.3) is 0 Å². The molecular weight excluding hydrogens is 236 g/mol. The van der Waals surface area contributed by atoms with E-state index in [9.17, 15) is 4.79 Å². The molecule has 0 radical (unpaired) electrons. The van der Waals surface area contributed by atoms with E-state index in [0.717, 1.165) is 42.7 Å². The van der Waals surface area contributed by atoms with Crippen molar-refractivity contribution in [3.8, 4) is 0 Å². The number of aldehydes is 1. The van der Waals surface area contributed by atoms with Gasteiger partial charge in [-0.2, -0.15) is 0 Å². The van der Waals surface area contributed by atoms with Crippen molar-refractivity contribution in [1.29, 1.82) is 0 Å². The molecule has 0 bridgehead atoms. The number of hydrogen-bond acceptors (Lipinski definition) is 3. The van der Waals surface area contributed by atoms with E-state index in [1.807, 2.05) is 13.0 Å². The van der Waals surface area contributed by atoms with Gasteiger partial charge in [0.15, 0.2) is 6.29 Å². The van der Waals surface area contributed by atoms with Crippen LogP contribution in [-0.4, -0.2) is 44.9 Å². The summed E-state index contributed by atoms with van der Waals surface area (Å²) in [4.78, 5) is 15.8. The second-order valence-electron chi connectivity index (χ2n) is 5.82. The average Bonchev–Trinajstić information content (AvgIpc) is 2.33. The Balaban J connectivity index is 2.98. The maximum absolute atomic E-state index is 11.3. The lowest BCUT2D eigenvalue weighted by Gasteiger charge is -2.29. The van der Waals surface area contributed by atoms with Gasteiger partial charge < -0.3 is 9.80 Å². The normalized spacial score (nSPS) is 11.1. The molecule has 3 nitrogen and oxygen atoms in total. The first kappa shape index (κ1) is 15.7. The molecule has 0 aliphatic rings. The van der Waals surface area contributed by atoms with Crippen molar-refractivity contribution in [2.75, 3.05) is 38.6 Å². The van der Waals surface area contributed by atoms with E-state index in [2.05, 4.69) is 49.9 Å². The molecule has 0 heterocycles. The van der Waals surface area contributed by atoms with Gasteiger partial charge in [0.2, 0.25) is 0 Å². The zero-order valence-electron chi connectivity index (χ0n) is 12.8. The smallest absolute Gasteiger partial charge is 0.152 e. The van der Waals surface area contributed by atoms with E-state index in [0.29, 0.717) is 5.92 Å². The van der Waals surface area contributed by atoms with Crippen LogP contribution in [0.4, 0.5) is 5.69 Å². The molecule has 0 saturated carbocycles. The first-order valence-corrected chi connectivity index (χ1v) is 6.89. The van der Waals surface area contributed by atoms with Crippen molar-refractivity contribution in [3.63, 3.8) is 0 Å². The van der Waals surface area contributed by atoms with Crippen molar-refractivity contribution in [2.24, 2.45) is 5.92 Å². The summed E-state index contributed by atoms with van der Waals surface area (Å²) in [5.74, 6) is 0.572. The number of carbonyl (C=O) groups excluding carboxylic acids is 1. The number of hydrogen-bond donors (Lipinski definition) is 0. The zero-order valence-corrected chi connectivity index (χ0v) is 12.8. The molecule has 0 fully saturated rings. The highest BCUT2D eigenvalue weighted by Crippen LogP contribution is 2.21. The maximum Gasteiger partial charge on any atom is 0.152 e.